The molecule has 1 unspecified atom stereocenters. The lowest BCUT2D eigenvalue weighted by atomic mass is 9.78. The van der Waals surface area contributed by atoms with E-state index in [1.54, 1.807) is 34.6 Å². The Labute approximate surface area is 156 Å². The first-order valence-corrected chi connectivity index (χ1v) is 9.52. The summed E-state index contributed by atoms with van der Waals surface area (Å²) in [4.78, 5) is 37.3. The summed E-state index contributed by atoms with van der Waals surface area (Å²) in [5, 5.41) is 2.76. The number of amides is 1. The molecule has 0 aromatic rings. The first kappa shape index (κ1) is 22.3. The first-order valence-electron chi connectivity index (χ1n) is 9.52. The van der Waals surface area contributed by atoms with Gasteiger partial charge in [0, 0.05) is 0 Å². The highest BCUT2D eigenvalue weighted by Crippen LogP contribution is 2.31. The standard InChI is InChI=1S/C19H33NO6/c1-6-24-16(21)14(17(22)25-7-2)15(13-11-9-8-10-12-13)20-18(23)26-19(3,4)5/h13-15H,6-12H2,1-5H3,(H,20,23). The van der Waals surface area contributed by atoms with Crippen LogP contribution in [0.2, 0.25) is 0 Å². The smallest absolute Gasteiger partial charge is 0.407 e. The molecule has 0 spiro atoms. The molecule has 0 saturated heterocycles. The third-order valence-electron chi connectivity index (χ3n) is 4.28. The van der Waals surface area contributed by atoms with Crippen molar-refractivity contribution >= 4 is 18.0 Å². The van der Waals surface area contributed by atoms with Gasteiger partial charge in [0.2, 0.25) is 0 Å². The Kier molecular flexibility index (Phi) is 8.88. The molecule has 1 aliphatic carbocycles. The van der Waals surface area contributed by atoms with Crippen LogP contribution >= 0.6 is 0 Å². The third-order valence-corrected chi connectivity index (χ3v) is 4.28. The monoisotopic (exact) mass is 371 g/mol. The van der Waals surface area contributed by atoms with Crippen LogP contribution in [-0.2, 0) is 23.8 Å². The SMILES string of the molecule is CCOC(=O)C(C(=O)OCC)C(NC(=O)OC(C)(C)C)C1CCCCC1. The third kappa shape index (κ3) is 7.22. The van der Waals surface area contributed by atoms with E-state index in [2.05, 4.69) is 5.32 Å². The molecule has 7 nitrogen and oxygen atoms in total. The number of alkyl carbamates (subject to hydrolysis) is 1. The zero-order chi connectivity index (χ0) is 19.7. The molecule has 1 fully saturated rings. The van der Waals surface area contributed by atoms with E-state index in [-0.39, 0.29) is 19.1 Å². The number of ether oxygens (including phenoxy) is 3. The van der Waals surface area contributed by atoms with Crippen molar-refractivity contribution in [1.29, 1.82) is 0 Å². The van der Waals surface area contributed by atoms with Gasteiger partial charge >= 0.3 is 18.0 Å². The molecule has 1 rings (SSSR count). The summed E-state index contributed by atoms with van der Waals surface area (Å²) in [6, 6.07) is -0.705. The molecule has 0 aliphatic heterocycles. The molecule has 1 amide bonds. The van der Waals surface area contributed by atoms with Gasteiger partial charge in [-0.1, -0.05) is 19.3 Å². The van der Waals surface area contributed by atoms with Crippen LogP contribution in [-0.4, -0.2) is 42.9 Å². The predicted molar refractivity (Wildman–Crippen MR) is 96.5 cm³/mol. The average Bonchev–Trinajstić information content (AvgIpc) is 2.54. The van der Waals surface area contributed by atoms with Gasteiger partial charge in [-0.05, 0) is 53.4 Å². The first-order chi connectivity index (χ1) is 12.2. The molecule has 1 atom stereocenters. The van der Waals surface area contributed by atoms with Gasteiger partial charge in [-0.15, -0.1) is 0 Å². The number of hydrogen-bond donors (Lipinski definition) is 1. The van der Waals surface area contributed by atoms with Gasteiger partial charge in [0.25, 0.3) is 0 Å². The molecule has 0 aromatic carbocycles. The lowest BCUT2D eigenvalue weighted by molar-refractivity contribution is -0.164. The maximum Gasteiger partial charge on any atom is 0.407 e. The Hall–Kier alpha value is -1.79. The second kappa shape index (κ2) is 10.4. The van der Waals surface area contributed by atoms with Crippen molar-refractivity contribution in [3.63, 3.8) is 0 Å². The van der Waals surface area contributed by atoms with E-state index in [0.717, 1.165) is 32.1 Å². The number of hydrogen-bond acceptors (Lipinski definition) is 6. The lowest BCUT2D eigenvalue weighted by Gasteiger charge is -2.34. The zero-order valence-corrected chi connectivity index (χ0v) is 16.6. The Morgan fingerprint density at radius 2 is 1.46 bits per heavy atom. The minimum absolute atomic E-state index is 0.00455. The largest absolute Gasteiger partial charge is 0.465 e. The van der Waals surface area contributed by atoms with Crippen molar-refractivity contribution < 1.29 is 28.6 Å². The van der Waals surface area contributed by atoms with Gasteiger partial charge in [0.1, 0.15) is 5.60 Å². The van der Waals surface area contributed by atoms with Crippen molar-refractivity contribution in [3.8, 4) is 0 Å². The number of carbonyl (C=O) groups excluding carboxylic acids is 3. The second-order valence-corrected chi connectivity index (χ2v) is 7.55. The predicted octanol–water partition coefficient (Wildman–Crippen LogP) is 3.20. The summed E-state index contributed by atoms with van der Waals surface area (Å²) in [6.45, 7) is 8.94. The van der Waals surface area contributed by atoms with Gasteiger partial charge in [-0.25, -0.2) is 4.79 Å². The minimum Gasteiger partial charge on any atom is -0.465 e. The van der Waals surface area contributed by atoms with Crippen molar-refractivity contribution in [2.24, 2.45) is 11.8 Å². The molecule has 26 heavy (non-hydrogen) atoms. The van der Waals surface area contributed by atoms with Crippen LogP contribution in [0.15, 0.2) is 0 Å². The van der Waals surface area contributed by atoms with Crippen molar-refractivity contribution in [2.75, 3.05) is 13.2 Å². The Morgan fingerprint density at radius 1 is 0.962 bits per heavy atom. The van der Waals surface area contributed by atoms with Crippen molar-refractivity contribution in [2.45, 2.75) is 78.4 Å². The Balaban J connectivity index is 3.08. The van der Waals surface area contributed by atoms with E-state index in [4.69, 9.17) is 14.2 Å². The van der Waals surface area contributed by atoms with Gasteiger partial charge in [-0.2, -0.15) is 0 Å². The molecule has 1 aliphatic rings. The summed E-state index contributed by atoms with van der Waals surface area (Å²) in [7, 11) is 0. The van der Waals surface area contributed by atoms with E-state index in [1.165, 1.54) is 0 Å². The van der Waals surface area contributed by atoms with E-state index in [1.807, 2.05) is 0 Å². The maximum absolute atomic E-state index is 12.5. The summed E-state index contributed by atoms with van der Waals surface area (Å²) < 4.78 is 15.5. The van der Waals surface area contributed by atoms with Gasteiger partial charge in [0.15, 0.2) is 5.92 Å². The highest BCUT2D eigenvalue weighted by molar-refractivity contribution is 5.96. The highest BCUT2D eigenvalue weighted by atomic mass is 16.6. The van der Waals surface area contributed by atoms with Crippen LogP contribution in [0.3, 0.4) is 0 Å². The van der Waals surface area contributed by atoms with E-state index in [9.17, 15) is 14.4 Å². The highest BCUT2D eigenvalue weighted by Gasteiger charge is 2.43. The molecule has 1 saturated carbocycles. The second-order valence-electron chi connectivity index (χ2n) is 7.55. The van der Waals surface area contributed by atoms with Crippen LogP contribution in [0.5, 0.6) is 0 Å². The van der Waals surface area contributed by atoms with E-state index >= 15 is 0 Å². The summed E-state index contributed by atoms with van der Waals surface area (Å²) in [5.74, 6) is -2.53. The minimum atomic E-state index is -1.19. The van der Waals surface area contributed by atoms with Crippen LogP contribution < -0.4 is 5.32 Å². The quantitative estimate of drug-likeness (QED) is 0.420. The van der Waals surface area contributed by atoms with Gasteiger partial charge in [0.05, 0.1) is 19.3 Å². The Morgan fingerprint density at radius 3 is 1.88 bits per heavy atom. The number of nitrogens with one attached hydrogen (secondary N) is 1. The van der Waals surface area contributed by atoms with Crippen molar-refractivity contribution in [1.82, 2.24) is 5.32 Å². The van der Waals surface area contributed by atoms with Crippen LogP contribution in [0, 0.1) is 11.8 Å². The molecule has 0 aromatic heterocycles. The van der Waals surface area contributed by atoms with Crippen LogP contribution in [0.4, 0.5) is 4.79 Å². The lowest BCUT2D eigenvalue weighted by Crippen LogP contribution is -2.53. The molecule has 0 heterocycles. The zero-order valence-electron chi connectivity index (χ0n) is 16.6. The van der Waals surface area contributed by atoms with Crippen molar-refractivity contribution in [3.05, 3.63) is 0 Å². The molecule has 150 valence electrons. The molecule has 0 bridgehead atoms. The molecular formula is C19H33NO6. The molecular weight excluding hydrogens is 338 g/mol. The number of rotatable bonds is 7. The van der Waals surface area contributed by atoms with Gasteiger partial charge in [-0.3, -0.25) is 9.59 Å². The number of carbonyl (C=O) groups is 3. The van der Waals surface area contributed by atoms with Crippen LogP contribution in [0.1, 0.15) is 66.7 Å². The summed E-state index contributed by atoms with van der Waals surface area (Å²) in [6.07, 6.45) is 4.11. The van der Waals surface area contributed by atoms with E-state index in [0.29, 0.717) is 0 Å². The fourth-order valence-corrected chi connectivity index (χ4v) is 3.26. The molecule has 7 heteroatoms. The maximum atomic E-state index is 12.5. The topological polar surface area (TPSA) is 90.9 Å². The summed E-state index contributed by atoms with van der Waals surface area (Å²) in [5.41, 5.74) is -0.676. The fourth-order valence-electron chi connectivity index (χ4n) is 3.26. The van der Waals surface area contributed by atoms with Crippen LogP contribution in [0.25, 0.3) is 0 Å². The number of esters is 2. The average molecular weight is 371 g/mol. The molecule has 0 radical (unpaired) electrons. The summed E-state index contributed by atoms with van der Waals surface area (Å²) >= 11 is 0. The van der Waals surface area contributed by atoms with E-state index < -0.39 is 35.6 Å². The normalized spacial score (nSPS) is 16.7. The Bertz CT molecular complexity index is 461. The fraction of sp³-hybridized carbons (Fsp3) is 0.842. The molecule has 1 N–H and O–H groups in total. The van der Waals surface area contributed by atoms with Gasteiger partial charge < -0.3 is 19.5 Å².